The van der Waals surface area contributed by atoms with E-state index in [0.29, 0.717) is 0 Å². The van der Waals surface area contributed by atoms with Crippen molar-refractivity contribution in [2.45, 2.75) is 19.9 Å². The topological polar surface area (TPSA) is 26.0 Å². The third-order valence-electron chi connectivity index (χ3n) is 3.98. The van der Waals surface area contributed by atoms with Gasteiger partial charge in [-0.2, -0.15) is 0 Å². The Hall–Kier alpha value is -1.64. The number of hydrogen-bond donors (Lipinski definition) is 1. The van der Waals surface area contributed by atoms with Crippen molar-refractivity contribution in [1.82, 2.24) is 0 Å². The molecule has 1 unspecified atom stereocenters. The fourth-order valence-electron chi connectivity index (χ4n) is 2.86. The standard InChI is InChI=1S/C19H18BrN/c1-12-10-15(11-13(2)18(12)20)19(21)17-9-5-7-14-6-3-4-8-16(14)17/h3-11,19H,21H2,1-2H3. The van der Waals surface area contributed by atoms with E-state index in [2.05, 4.69) is 84.4 Å². The molecule has 0 fully saturated rings. The molecule has 2 heteroatoms. The Morgan fingerprint density at radius 1 is 0.905 bits per heavy atom. The number of rotatable bonds is 2. The van der Waals surface area contributed by atoms with E-state index in [9.17, 15) is 0 Å². The van der Waals surface area contributed by atoms with Crippen LogP contribution in [0.1, 0.15) is 28.3 Å². The van der Waals surface area contributed by atoms with Gasteiger partial charge in [-0.3, -0.25) is 0 Å². The maximum Gasteiger partial charge on any atom is 0.0557 e. The number of aryl methyl sites for hydroxylation is 2. The van der Waals surface area contributed by atoms with Crippen molar-refractivity contribution in [1.29, 1.82) is 0 Å². The Balaban J connectivity index is 2.15. The van der Waals surface area contributed by atoms with Gasteiger partial charge in [0.15, 0.2) is 0 Å². The first kappa shape index (κ1) is 14.3. The fraction of sp³-hybridized carbons (Fsp3) is 0.158. The second kappa shape index (κ2) is 5.63. The molecular weight excluding hydrogens is 322 g/mol. The predicted octanol–water partition coefficient (Wildman–Crippen LogP) is 5.27. The Morgan fingerprint density at radius 2 is 1.52 bits per heavy atom. The molecule has 0 bridgehead atoms. The van der Waals surface area contributed by atoms with Crippen LogP contribution in [0.4, 0.5) is 0 Å². The highest BCUT2D eigenvalue weighted by Gasteiger charge is 2.14. The van der Waals surface area contributed by atoms with Crippen LogP contribution < -0.4 is 5.73 Å². The van der Waals surface area contributed by atoms with Gasteiger partial charge in [-0.25, -0.2) is 0 Å². The minimum atomic E-state index is -0.110. The molecule has 0 aliphatic carbocycles. The lowest BCUT2D eigenvalue weighted by Crippen LogP contribution is -2.13. The first-order valence-corrected chi connectivity index (χ1v) is 7.87. The normalized spacial score (nSPS) is 12.6. The molecule has 3 aromatic carbocycles. The summed E-state index contributed by atoms with van der Waals surface area (Å²) in [6.07, 6.45) is 0. The van der Waals surface area contributed by atoms with Crippen molar-refractivity contribution in [2.24, 2.45) is 5.73 Å². The summed E-state index contributed by atoms with van der Waals surface area (Å²) in [5.74, 6) is 0. The van der Waals surface area contributed by atoms with Gasteiger partial charge in [0.05, 0.1) is 6.04 Å². The minimum Gasteiger partial charge on any atom is -0.320 e. The van der Waals surface area contributed by atoms with E-state index < -0.39 is 0 Å². The van der Waals surface area contributed by atoms with E-state index in [0.717, 1.165) is 10.0 Å². The van der Waals surface area contributed by atoms with Crippen molar-refractivity contribution in [3.8, 4) is 0 Å². The molecule has 106 valence electrons. The highest BCUT2D eigenvalue weighted by atomic mass is 79.9. The summed E-state index contributed by atoms with van der Waals surface area (Å²) in [5.41, 5.74) is 11.3. The SMILES string of the molecule is Cc1cc(C(N)c2cccc3ccccc23)cc(C)c1Br. The third kappa shape index (κ3) is 2.61. The van der Waals surface area contributed by atoms with Crippen LogP contribution in [0.5, 0.6) is 0 Å². The molecule has 0 saturated carbocycles. The van der Waals surface area contributed by atoms with Crippen molar-refractivity contribution >= 4 is 26.7 Å². The molecule has 0 amide bonds. The van der Waals surface area contributed by atoms with Gasteiger partial charge in [-0.1, -0.05) is 70.5 Å². The largest absolute Gasteiger partial charge is 0.320 e. The maximum absolute atomic E-state index is 6.55. The molecule has 3 aromatic rings. The summed E-state index contributed by atoms with van der Waals surface area (Å²) in [6.45, 7) is 4.22. The summed E-state index contributed by atoms with van der Waals surface area (Å²) in [5, 5.41) is 2.46. The molecular formula is C19H18BrN. The lowest BCUT2D eigenvalue weighted by atomic mass is 9.92. The van der Waals surface area contributed by atoms with E-state index in [1.165, 1.54) is 27.5 Å². The molecule has 0 heterocycles. The fourth-order valence-corrected chi connectivity index (χ4v) is 3.09. The zero-order chi connectivity index (χ0) is 15.0. The molecule has 0 aliphatic heterocycles. The van der Waals surface area contributed by atoms with Crippen molar-refractivity contribution < 1.29 is 0 Å². The van der Waals surface area contributed by atoms with Gasteiger partial charge >= 0.3 is 0 Å². The Bertz CT molecular complexity index is 779. The van der Waals surface area contributed by atoms with Crippen LogP contribution in [0.2, 0.25) is 0 Å². The first-order chi connectivity index (χ1) is 10.1. The van der Waals surface area contributed by atoms with E-state index in [4.69, 9.17) is 5.73 Å². The summed E-state index contributed by atoms with van der Waals surface area (Å²) < 4.78 is 1.16. The highest BCUT2D eigenvalue weighted by Crippen LogP contribution is 2.30. The van der Waals surface area contributed by atoms with E-state index in [1.54, 1.807) is 0 Å². The summed E-state index contributed by atoms with van der Waals surface area (Å²) in [7, 11) is 0. The van der Waals surface area contributed by atoms with E-state index in [-0.39, 0.29) is 6.04 Å². The van der Waals surface area contributed by atoms with Gasteiger partial charge < -0.3 is 5.73 Å². The number of halogens is 1. The van der Waals surface area contributed by atoms with E-state index >= 15 is 0 Å². The average Bonchev–Trinajstić information content (AvgIpc) is 2.51. The molecule has 3 rings (SSSR count). The van der Waals surface area contributed by atoms with Crippen LogP contribution in [0.15, 0.2) is 59.1 Å². The van der Waals surface area contributed by atoms with Gasteiger partial charge in [-0.05, 0) is 46.9 Å². The molecule has 0 aliphatic rings. The summed E-state index contributed by atoms with van der Waals surface area (Å²) >= 11 is 3.62. The molecule has 0 spiro atoms. The molecule has 1 atom stereocenters. The second-order valence-electron chi connectivity index (χ2n) is 5.51. The number of fused-ring (bicyclic) bond motifs is 1. The third-order valence-corrected chi connectivity index (χ3v) is 5.23. The Morgan fingerprint density at radius 3 is 2.24 bits per heavy atom. The van der Waals surface area contributed by atoms with Crippen LogP contribution in [-0.4, -0.2) is 0 Å². The lowest BCUT2D eigenvalue weighted by Gasteiger charge is -2.17. The van der Waals surface area contributed by atoms with Crippen molar-refractivity contribution in [3.63, 3.8) is 0 Å². The quantitative estimate of drug-likeness (QED) is 0.676. The lowest BCUT2D eigenvalue weighted by molar-refractivity contribution is 0.876. The zero-order valence-corrected chi connectivity index (χ0v) is 13.8. The van der Waals surface area contributed by atoms with Crippen LogP contribution in [0, 0.1) is 13.8 Å². The van der Waals surface area contributed by atoms with Crippen molar-refractivity contribution in [2.75, 3.05) is 0 Å². The van der Waals surface area contributed by atoms with Crippen LogP contribution in [-0.2, 0) is 0 Å². The predicted molar refractivity (Wildman–Crippen MR) is 93.6 cm³/mol. The molecule has 2 N–H and O–H groups in total. The van der Waals surface area contributed by atoms with Crippen LogP contribution >= 0.6 is 15.9 Å². The maximum atomic E-state index is 6.55. The highest BCUT2D eigenvalue weighted by molar-refractivity contribution is 9.10. The van der Waals surface area contributed by atoms with Crippen molar-refractivity contribution in [3.05, 3.63) is 81.3 Å². The summed E-state index contributed by atoms with van der Waals surface area (Å²) in [6, 6.07) is 19.0. The molecule has 1 nitrogen and oxygen atoms in total. The minimum absolute atomic E-state index is 0.110. The van der Waals surface area contributed by atoms with Gasteiger partial charge in [0.25, 0.3) is 0 Å². The molecule has 0 aromatic heterocycles. The number of benzene rings is 3. The number of nitrogens with two attached hydrogens (primary N) is 1. The Labute approximate surface area is 133 Å². The first-order valence-electron chi connectivity index (χ1n) is 7.08. The molecule has 0 radical (unpaired) electrons. The molecule has 0 saturated heterocycles. The zero-order valence-electron chi connectivity index (χ0n) is 12.2. The number of hydrogen-bond acceptors (Lipinski definition) is 1. The van der Waals surface area contributed by atoms with E-state index in [1.807, 2.05) is 0 Å². The van der Waals surface area contributed by atoms with Gasteiger partial charge in [0.1, 0.15) is 0 Å². The Kier molecular flexibility index (Phi) is 3.83. The van der Waals surface area contributed by atoms with Gasteiger partial charge in [0.2, 0.25) is 0 Å². The van der Waals surface area contributed by atoms with Gasteiger partial charge in [0, 0.05) is 4.47 Å². The van der Waals surface area contributed by atoms with Crippen LogP contribution in [0.25, 0.3) is 10.8 Å². The smallest absolute Gasteiger partial charge is 0.0557 e. The molecule has 21 heavy (non-hydrogen) atoms. The van der Waals surface area contributed by atoms with Gasteiger partial charge in [-0.15, -0.1) is 0 Å². The average molecular weight is 340 g/mol. The summed E-state index contributed by atoms with van der Waals surface area (Å²) in [4.78, 5) is 0. The second-order valence-corrected chi connectivity index (χ2v) is 6.31. The van der Waals surface area contributed by atoms with Crippen LogP contribution in [0.3, 0.4) is 0 Å². The monoisotopic (exact) mass is 339 g/mol.